The van der Waals surface area contributed by atoms with Gasteiger partial charge in [-0.2, -0.15) is 0 Å². The number of carboxylic acids is 1. The van der Waals surface area contributed by atoms with Gasteiger partial charge in [0, 0.05) is 11.1 Å². The lowest BCUT2D eigenvalue weighted by atomic mass is 10.0. The fourth-order valence-corrected chi connectivity index (χ4v) is 3.09. The molecule has 0 atom stereocenters. The molecule has 1 aliphatic rings. The van der Waals surface area contributed by atoms with Crippen molar-refractivity contribution in [2.24, 2.45) is 0 Å². The van der Waals surface area contributed by atoms with E-state index in [4.69, 9.17) is 18.9 Å². The predicted molar refractivity (Wildman–Crippen MR) is 94.5 cm³/mol. The molecule has 146 valence electrons. The fraction of sp³-hybridized carbons (Fsp3) is 0.211. The van der Waals surface area contributed by atoms with E-state index in [1.54, 1.807) is 6.92 Å². The Morgan fingerprint density at radius 1 is 1.07 bits per heavy atom. The van der Waals surface area contributed by atoms with Crippen molar-refractivity contribution < 1.29 is 43.5 Å². The van der Waals surface area contributed by atoms with Crippen LogP contribution in [0.3, 0.4) is 0 Å². The molecule has 0 saturated carbocycles. The molecule has 0 spiro atoms. The molecule has 0 unspecified atom stereocenters. The Balaban J connectivity index is 2.42. The third-order valence-electron chi connectivity index (χ3n) is 4.47. The summed E-state index contributed by atoms with van der Waals surface area (Å²) in [6.07, 6.45) is 0.283. The van der Waals surface area contributed by atoms with Crippen molar-refractivity contribution in [3.05, 3.63) is 33.9 Å². The highest BCUT2D eigenvalue weighted by Crippen LogP contribution is 2.50. The molecule has 0 bridgehead atoms. The van der Waals surface area contributed by atoms with Crippen LogP contribution in [0, 0.1) is 13.8 Å². The third-order valence-corrected chi connectivity index (χ3v) is 4.47. The number of aromatic carboxylic acids is 1. The summed E-state index contributed by atoms with van der Waals surface area (Å²) in [5, 5.41) is 19.9. The van der Waals surface area contributed by atoms with Gasteiger partial charge in [-0.25, -0.2) is 9.59 Å². The van der Waals surface area contributed by atoms with E-state index in [1.807, 2.05) is 0 Å². The number of aldehydes is 1. The molecule has 0 aliphatic carbocycles. The van der Waals surface area contributed by atoms with Crippen molar-refractivity contribution in [1.82, 2.24) is 0 Å². The first kappa shape index (κ1) is 19.0. The second kappa shape index (κ2) is 6.76. The number of methoxy groups -OCH3 is 2. The predicted octanol–water partition coefficient (Wildman–Crippen LogP) is 2.86. The van der Waals surface area contributed by atoms with Gasteiger partial charge in [0.1, 0.15) is 22.4 Å². The number of carbonyl (C=O) groups excluding carboxylic acids is 2. The number of esters is 1. The second-order valence-electron chi connectivity index (χ2n) is 5.95. The van der Waals surface area contributed by atoms with Crippen LogP contribution in [0.5, 0.6) is 34.5 Å². The van der Waals surface area contributed by atoms with Crippen LogP contribution in [-0.2, 0) is 0 Å². The summed E-state index contributed by atoms with van der Waals surface area (Å²) < 4.78 is 21.3. The van der Waals surface area contributed by atoms with E-state index in [-0.39, 0.29) is 57.3 Å². The van der Waals surface area contributed by atoms with Crippen LogP contribution in [0.1, 0.15) is 42.2 Å². The molecule has 1 heterocycles. The van der Waals surface area contributed by atoms with Crippen LogP contribution < -0.4 is 18.9 Å². The number of aromatic hydroxyl groups is 1. The maximum absolute atomic E-state index is 12.8. The maximum Gasteiger partial charge on any atom is 0.347 e. The van der Waals surface area contributed by atoms with Crippen molar-refractivity contribution in [3.8, 4) is 34.5 Å². The number of carboxylic acid groups (broad SMARTS) is 1. The van der Waals surface area contributed by atoms with E-state index >= 15 is 0 Å². The summed E-state index contributed by atoms with van der Waals surface area (Å²) in [6, 6.07) is 1.21. The summed E-state index contributed by atoms with van der Waals surface area (Å²) in [4.78, 5) is 36.2. The van der Waals surface area contributed by atoms with Crippen molar-refractivity contribution in [1.29, 1.82) is 0 Å². The van der Waals surface area contributed by atoms with E-state index in [2.05, 4.69) is 0 Å². The number of benzene rings is 2. The summed E-state index contributed by atoms with van der Waals surface area (Å²) in [5.74, 6) is -3.49. The fourth-order valence-electron chi connectivity index (χ4n) is 3.09. The minimum atomic E-state index is -1.36. The quantitative estimate of drug-likeness (QED) is 0.461. The van der Waals surface area contributed by atoms with Crippen molar-refractivity contribution in [2.45, 2.75) is 13.8 Å². The SMILES string of the molecule is COc1cc(C(=O)O)c2c(c1C)OC(=O)c1c(C)c(OC)c(O)c(C=O)c1O2. The number of phenolic OH excluding ortho intramolecular Hbond substituents is 1. The van der Waals surface area contributed by atoms with Gasteiger partial charge in [0.15, 0.2) is 35.0 Å². The topological polar surface area (TPSA) is 129 Å². The lowest BCUT2D eigenvalue weighted by molar-refractivity contribution is 0.0685. The van der Waals surface area contributed by atoms with E-state index in [9.17, 15) is 24.6 Å². The molecule has 2 aromatic rings. The molecule has 28 heavy (non-hydrogen) atoms. The molecule has 9 nitrogen and oxygen atoms in total. The van der Waals surface area contributed by atoms with Crippen LogP contribution in [-0.4, -0.2) is 42.7 Å². The number of phenols is 1. The van der Waals surface area contributed by atoms with Gasteiger partial charge in [-0.3, -0.25) is 4.79 Å². The van der Waals surface area contributed by atoms with Gasteiger partial charge in [-0.15, -0.1) is 0 Å². The van der Waals surface area contributed by atoms with Crippen molar-refractivity contribution >= 4 is 18.2 Å². The van der Waals surface area contributed by atoms with Gasteiger partial charge in [0.25, 0.3) is 0 Å². The van der Waals surface area contributed by atoms with Gasteiger partial charge >= 0.3 is 11.9 Å². The molecule has 2 N–H and O–H groups in total. The van der Waals surface area contributed by atoms with E-state index in [1.165, 1.54) is 27.2 Å². The first-order chi connectivity index (χ1) is 13.3. The van der Waals surface area contributed by atoms with Crippen LogP contribution in [0.25, 0.3) is 0 Å². The van der Waals surface area contributed by atoms with Gasteiger partial charge < -0.3 is 29.2 Å². The average Bonchev–Trinajstić information content (AvgIpc) is 2.79. The molecule has 0 radical (unpaired) electrons. The molecular weight excluding hydrogens is 372 g/mol. The van der Waals surface area contributed by atoms with Gasteiger partial charge in [0.05, 0.1) is 14.2 Å². The molecule has 0 amide bonds. The largest absolute Gasteiger partial charge is 0.504 e. The number of fused-ring (bicyclic) bond motifs is 2. The summed E-state index contributed by atoms with van der Waals surface area (Å²) in [6.45, 7) is 3.03. The Morgan fingerprint density at radius 2 is 1.75 bits per heavy atom. The Kier molecular flexibility index (Phi) is 4.60. The van der Waals surface area contributed by atoms with Crippen LogP contribution >= 0.6 is 0 Å². The summed E-state index contributed by atoms with van der Waals surface area (Å²) >= 11 is 0. The number of ether oxygens (including phenoxy) is 4. The highest BCUT2D eigenvalue weighted by molar-refractivity contribution is 6.04. The average molecular weight is 388 g/mol. The zero-order valence-electron chi connectivity index (χ0n) is 15.4. The van der Waals surface area contributed by atoms with Crippen LogP contribution in [0.2, 0.25) is 0 Å². The molecule has 1 aliphatic heterocycles. The zero-order chi connectivity index (χ0) is 20.7. The summed E-state index contributed by atoms with van der Waals surface area (Å²) in [7, 11) is 2.60. The second-order valence-corrected chi connectivity index (χ2v) is 5.95. The number of hydrogen-bond donors (Lipinski definition) is 2. The Morgan fingerprint density at radius 3 is 2.29 bits per heavy atom. The molecule has 0 fully saturated rings. The van der Waals surface area contributed by atoms with E-state index in [0.717, 1.165) is 0 Å². The number of carbonyl (C=O) groups is 3. The third kappa shape index (κ3) is 2.59. The standard InChI is InChI=1S/C19H16O9/c1-7-11(25-3)5-9(18(22)23)17-15(7)28-19(24)12-8(2)14(26-4)13(21)10(6-20)16(12)27-17/h5-6,21H,1-4H3,(H,22,23). The molecule has 3 rings (SSSR count). The normalized spacial score (nSPS) is 12.1. The van der Waals surface area contributed by atoms with E-state index in [0.29, 0.717) is 5.56 Å². The van der Waals surface area contributed by atoms with Crippen LogP contribution in [0.4, 0.5) is 0 Å². The number of hydrogen-bond acceptors (Lipinski definition) is 8. The molecule has 9 heteroatoms. The molecule has 0 saturated heterocycles. The Hall–Kier alpha value is -3.75. The van der Waals surface area contributed by atoms with Gasteiger partial charge in [0.2, 0.25) is 0 Å². The van der Waals surface area contributed by atoms with E-state index < -0.39 is 17.7 Å². The number of rotatable bonds is 4. The van der Waals surface area contributed by atoms with Crippen LogP contribution in [0.15, 0.2) is 6.07 Å². The van der Waals surface area contributed by atoms with Gasteiger partial charge in [-0.1, -0.05) is 0 Å². The molecular formula is C19H16O9. The van der Waals surface area contributed by atoms with Crippen molar-refractivity contribution in [3.63, 3.8) is 0 Å². The monoisotopic (exact) mass is 388 g/mol. The Labute approximate surface area is 159 Å². The molecule has 0 aromatic heterocycles. The molecule has 2 aromatic carbocycles. The Bertz CT molecular complexity index is 1040. The van der Waals surface area contributed by atoms with Crippen molar-refractivity contribution in [2.75, 3.05) is 14.2 Å². The highest BCUT2D eigenvalue weighted by atomic mass is 16.6. The maximum atomic E-state index is 12.8. The minimum absolute atomic E-state index is 0.0971. The minimum Gasteiger partial charge on any atom is -0.504 e. The lowest BCUT2D eigenvalue weighted by Gasteiger charge is -2.17. The summed E-state index contributed by atoms with van der Waals surface area (Å²) in [5.41, 5.74) is -0.386. The highest BCUT2D eigenvalue weighted by Gasteiger charge is 2.36. The first-order valence-corrected chi connectivity index (χ1v) is 8.00. The smallest absolute Gasteiger partial charge is 0.347 e. The zero-order valence-corrected chi connectivity index (χ0v) is 15.4. The first-order valence-electron chi connectivity index (χ1n) is 8.00. The van der Waals surface area contributed by atoms with Gasteiger partial charge in [-0.05, 0) is 19.9 Å². The lowest BCUT2D eigenvalue weighted by Crippen LogP contribution is -2.12.